The molecule has 0 bridgehead atoms. The molecule has 116 valence electrons. The van der Waals surface area contributed by atoms with Crippen LogP contribution in [0.5, 0.6) is 11.5 Å². The Morgan fingerprint density at radius 1 is 1.29 bits per heavy atom. The number of carbonyl (C=O) groups excluding carboxylic acids is 1. The monoisotopic (exact) mass is 294 g/mol. The largest absolute Gasteiger partial charge is 0.454 e. The van der Waals surface area contributed by atoms with Gasteiger partial charge in [-0.25, -0.2) is 4.79 Å². The zero-order valence-corrected chi connectivity index (χ0v) is 12.5. The van der Waals surface area contributed by atoms with Gasteiger partial charge in [-0.2, -0.15) is 0 Å². The van der Waals surface area contributed by atoms with Crippen LogP contribution < -0.4 is 20.1 Å². The number of benzene rings is 1. The van der Waals surface area contributed by atoms with Gasteiger partial charge in [0.05, 0.1) is 6.10 Å². The molecule has 1 aliphatic rings. The normalized spacial score (nSPS) is 12.5. The maximum atomic E-state index is 11.6. The number of amides is 2. The van der Waals surface area contributed by atoms with E-state index in [0.717, 1.165) is 23.5 Å². The van der Waals surface area contributed by atoms with Crippen LogP contribution in [0.1, 0.15) is 25.8 Å². The molecule has 0 radical (unpaired) electrons. The van der Waals surface area contributed by atoms with Gasteiger partial charge in [-0.05, 0) is 38.0 Å². The fraction of sp³-hybridized carbons (Fsp3) is 0.533. The van der Waals surface area contributed by atoms with Gasteiger partial charge < -0.3 is 24.8 Å². The number of hydrogen-bond acceptors (Lipinski definition) is 4. The molecular formula is C15H22N2O4. The van der Waals surface area contributed by atoms with Crippen LogP contribution in [0.2, 0.25) is 0 Å². The molecule has 21 heavy (non-hydrogen) atoms. The predicted octanol–water partition coefficient (Wildman–Crippen LogP) is 2.03. The Morgan fingerprint density at radius 2 is 2.10 bits per heavy atom. The number of urea groups is 1. The lowest BCUT2D eigenvalue weighted by Crippen LogP contribution is -2.35. The number of hydrogen-bond donors (Lipinski definition) is 2. The minimum absolute atomic E-state index is 0.183. The first-order valence-corrected chi connectivity index (χ1v) is 7.17. The van der Waals surface area contributed by atoms with Gasteiger partial charge in [-0.15, -0.1) is 0 Å². The van der Waals surface area contributed by atoms with Crippen molar-refractivity contribution in [3.63, 3.8) is 0 Å². The molecule has 0 saturated heterocycles. The fourth-order valence-electron chi connectivity index (χ4n) is 1.89. The van der Waals surface area contributed by atoms with E-state index in [4.69, 9.17) is 14.2 Å². The van der Waals surface area contributed by atoms with Crippen molar-refractivity contribution in [2.45, 2.75) is 32.9 Å². The van der Waals surface area contributed by atoms with E-state index >= 15 is 0 Å². The average molecular weight is 294 g/mol. The Labute approximate surface area is 124 Å². The van der Waals surface area contributed by atoms with Crippen LogP contribution in [-0.4, -0.2) is 32.1 Å². The predicted molar refractivity (Wildman–Crippen MR) is 78.5 cm³/mol. The Balaban J connectivity index is 1.62. The highest BCUT2D eigenvalue weighted by Gasteiger charge is 2.13. The van der Waals surface area contributed by atoms with Gasteiger partial charge in [0.1, 0.15) is 0 Å². The summed E-state index contributed by atoms with van der Waals surface area (Å²) in [6, 6.07) is 5.45. The van der Waals surface area contributed by atoms with E-state index in [2.05, 4.69) is 10.6 Å². The first-order chi connectivity index (χ1) is 10.1. The van der Waals surface area contributed by atoms with E-state index in [9.17, 15) is 4.79 Å². The smallest absolute Gasteiger partial charge is 0.315 e. The first kappa shape index (κ1) is 15.4. The lowest BCUT2D eigenvalue weighted by Gasteiger charge is -2.09. The Kier molecular flexibility index (Phi) is 5.68. The Bertz CT molecular complexity index is 477. The van der Waals surface area contributed by atoms with Gasteiger partial charge in [0, 0.05) is 19.7 Å². The number of nitrogens with one attached hydrogen (secondary N) is 2. The minimum atomic E-state index is -0.183. The topological polar surface area (TPSA) is 68.8 Å². The van der Waals surface area contributed by atoms with Crippen LogP contribution in [0.4, 0.5) is 4.79 Å². The molecule has 6 heteroatoms. The van der Waals surface area contributed by atoms with Crippen LogP contribution in [0, 0.1) is 0 Å². The molecule has 0 aromatic heterocycles. The van der Waals surface area contributed by atoms with Gasteiger partial charge in [-0.1, -0.05) is 6.07 Å². The van der Waals surface area contributed by atoms with Crippen molar-refractivity contribution in [2.24, 2.45) is 0 Å². The molecule has 1 aliphatic heterocycles. The second-order valence-electron chi connectivity index (χ2n) is 5.07. The van der Waals surface area contributed by atoms with E-state index in [0.29, 0.717) is 19.7 Å². The molecular weight excluding hydrogens is 272 g/mol. The summed E-state index contributed by atoms with van der Waals surface area (Å²) in [5, 5.41) is 5.60. The first-order valence-electron chi connectivity index (χ1n) is 7.17. The molecule has 0 fully saturated rings. The summed E-state index contributed by atoms with van der Waals surface area (Å²) in [5.74, 6) is 1.47. The lowest BCUT2D eigenvalue weighted by atomic mass is 10.2. The van der Waals surface area contributed by atoms with E-state index in [1.165, 1.54) is 0 Å². The fourth-order valence-corrected chi connectivity index (χ4v) is 1.89. The van der Waals surface area contributed by atoms with Gasteiger partial charge in [0.25, 0.3) is 0 Å². The van der Waals surface area contributed by atoms with Gasteiger partial charge >= 0.3 is 6.03 Å². The number of ether oxygens (including phenoxy) is 3. The second-order valence-corrected chi connectivity index (χ2v) is 5.07. The number of fused-ring (bicyclic) bond motifs is 1. The zero-order valence-electron chi connectivity index (χ0n) is 12.5. The molecule has 0 spiro atoms. The molecule has 6 nitrogen and oxygen atoms in total. The highest BCUT2D eigenvalue weighted by Crippen LogP contribution is 2.32. The number of rotatable bonds is 7. The van der Waals surface area contributed by atoms with Crippen molar-refractivity contribution in [2.75, 3.05) is 19.9 Å². The van der Waals surface area contributed by atoms with E-state index in [-0.39, 0.29) is 18.9 Å². The van der Waals surface area contributed by atoms with Crippen LogP contribution in [0.3, 0.4) is 0 Å². The summed E-state index contributed by atoms with van der Waals surface area (Å²) in [7, 11) is 0. The molecule has 2 amide bonds. The summed E-state index contributed by atoms with van der Waals surface area (Å²) in [6.07, 6.45) is 1.03. The third-order valence-electron chi connectivity index (χ3n) is 2.95. The maximum Gasteiger partial charge on any atom is 0.315 e. The second kappa shape index (κ2) is 7.73. The van der Waals surface area contributed by atoms with Gasteiger partial charge in [0.2, 0.25) is 6.79 Å². The summed E-state index contributed by atoms with van der Waals surface area (Å²) in [4.78, 5) is 11.6. The molecule has 2 N–H and O–H groups in total. The standard InChI is InChI=1S/C15H22N2O4/c1-11(2)19-7-3-6-16-15(18)17-9-12-4-5-13-14(8-12)21-10-20-13/h4-5,8,11H,3,6-7,9-10H2,1-2H3,(H2,16,17,18). The summed E-state index contributed by atoms with van der Waals surface area (Å²) in [6.45, 7) is 5.94. The van der Waals surface area contributed by atoms with Crippen molar-refractivity contribution >= 4 is 6.03 Å². The molecule has 0 aliphatic carbocycles. The lowest BCUT2D eigenvalue weighted by molar-refractivity contribution is 0.0774. The van der Waals surface area contributed by atoms with E-state index in [1.807, 2.05) is 32.0 Å². The van der Waals surface area contributed by atoms with E-state index < -0.39 is 0 Å². The van der Waals surface area contributed by atoms with Crippen molar-refractivity contribution in [3.8, 4) is 11.5 Å². The average Bonchev–Trinajstić information content (AvgIpc) is 2.92. The third kappa shape index (κ3) is 5.15. The van der Waals surface area contributed by atoms with Crippen LogP contribution >= 0.6 is 0 Å². The van der Waals surface area contributed by atoms with Crippen LogP contribution in [-0.2, 0) is 11.3 Å². The maximum absolute atomic E-state index is 11.6. The highest BCUT2D eigenvalue weighted by atomic mass is 16.7. The minimum Gasteiger partial charge on any atom is -0.454 e. The van der Waals surface area contributed by atoms with Crippen LogP contribution in [0.25, 0.3) is 0 Å². The van der Waals surface area contributed by atoms with E-state index in [1.54, 1.807) is 0 Å². The van der Waals surface area contributed by atoms with Crippen molar-refractivity contribution in [1.82, 2.24) is 10.6 Å². The Morgan fingerprint density at radius 3 is 2.90 bits per heavy atom. The van der Waals surface area contributed by atoms with Crippen molar-refractivity contribution in [1.29, 1.82) is 0 Å². The molecule has 1 aromatic rings. The zero-order chi connectivity index (χ0) is 15.1. The summed E-state index contributed by atoms with van der Waals surface area (Å²) in [5.41, 5.74) is 0.970. The molecule has 0 unspecified atom stereocenters. The molecule has 1 heterocycles. The molecule has 2 rings (SSSR count). The molecule has 0 saturated carbocycles. The van der Waals surface area contributed by atoms with Gasteiger partial charge in [-0.3, -0.25) is 0 Å². The van der Waals surface area contributed by atoms with Crippen molar-refractivity contribution in [3.05, 3.63) is 23.8 Å². The third-order valence-corrected chi connectivity index (χ3v) is 2.95. The molecule has 0 atom stereocenters. The number of carbonyl (C=O) groups is 1. The van der Waals surface area contributed by atoms with Gasteiger partial charge in [0.15, 0.2) is 11.5 Å². The summed E-state index contributed by atoms with van der Waals surface area (Å²) >= 11 is 0. The van der Waals surface area contributed by atoms with Crippen molar-refractivity contribution < 1.29 is 19.0 Å². The molecule has 1 aromatic carbocycles. The Hall–Kier alpha value is -1.95. The highest BCUT2D eigenvalue weighted by molar-refractivity contribution is 5.73. The summed E-state index contributed by atoms with van der Waals surface area (Å²) < 4.78 is 15.9. The quantitative estimate of drug-likeness (QED) is 0.755. The SMILES string of the molecule is CC(C)OCCCNC(=O)NCc1ccc2c(c1)OCO2. The van der Waals surface area contributed by atoms with Crippen LogP contribution in [0.15, 0.2) is 18.2 Å².